The minimum absolute atomic E-state index is 0.118. The number of fused-ring (bicyclic) bond motifs is 1. The molecule has 8 heteroatoms. The van der Waals surface area contributed by atoms with E-state index < -0.39 is 0 Å². The largest absolute Gasteiger partial charge is 0.494 e. The molecule has 8 nitrogen and oxygen atoms in total. The maximum Gasteiger partial charge on any atom is 0.253 e. The smallest absolute Gasteiger partial charge is 0.253 e. The van der Waals surface area contributed by atoms with Crippen molar-refractivity contribution in [3.8, 4) is 5.75 Å². The Kier molecular flexibility index (Phi) is 5.68. The second-order valence-electron chi connectivity index (χ2n) is 8.06. The molecule has 0 amide bonds. The van der Waals surface area contributed by atoms with E-state index in [0.717, 1.165) is 48.1 Å². The molecule has 1 atom stereocenters. The number of rotatable bonds is 7. The van der Waals surface area contributed by atoms with Crippen LogP contribution in [0.5, 0.6) is 5.75 Å². The topological polar surface area (TPSA) is 88.9 Å². The fourth-order valence-electron chi connectivity index (χ4n) is 4.44. The molecule has 2 aromatic carbocycles. The van der Waals surface area contributed by atoms with Gasteiger partial charge in [-0.2, -0.15) is 0 Å². The van der Waals surface area contributed by atoms with Gasteiger partial charge in [-0.25, -0.2) is 4.68 Å². The van der Waals surface area contributed by atoms with E-state index in [0.29, 0.717) is 24.5 Å². The number of pyridine rings is 1. The fourth-order valence-corrected chi connectivity index (χ4v) is 4.44. The van der Waals surface area contributed by atoms with Crippen molar-refractivity contribution in [1.82, 2.24) is 30.1 Å². The molecule has 0 spiro atoms. The maximum absolute atomic E-state index is 13.2. The van der Waals surface area contributed by atoms with E-state index >= 15 is 0 Å². The predicted molar refractivity (Wildman–Crippen MR) is 122 cm³/mol. The molecule has 32 heavy (non-hydrogen) atoms. The highest BCUT2D eigenvalue weighted by atomic mass is 16.5. The van der Waals surface area contributed by atoms with E-state index in [-0.39, 0.29) is 11.6 Å². The standard InChI is InChI=1S/C24H26N6O2/c1-2-32-19-10-11-21-18(14-19)15-20(24(31)25-21)22(29-12-6-7-13-29)23-26-27-28-30(23)16-17-8-4-3-5-9-17/h3-5,8-11,14-15,22H,2,6-7,12-13,16H2,1H3,(H,25,31). The summed E-state index contributed by atoms with van der Waals surface area (Å²) in [7, 11) is 0. The van der Waals surface area contributed by atoms with Crippen LogP contribution in [0.2, 0.25) is 0 Å². The van der Waals surface area contributed by atoms with Gasteiger partial charge < -0.3 is 9.72 Å². The van der Waals surface area contributed by atoms with Gasteiger partial charge >= 0.3 is 0 Å². The van der Waals surface area contributed by atoms with E-state index in [4.69, 9.17) is 4.74 Å². The van der Waals surface area contributed by atoms with Crippen molar-refractivity contribution in [3.63, 3.8) is 0 Å². The third kappa shape index (κ3) is 4.01. The number of nitrogens with zero attached hydrogens (tertiary/aromatic N) is 5. The number of aromatic nitrogens is 5. The molecule has 1 saturated heterocycles. The van der Waals surface area contributed by atoms with Crippen LogP contribution in [0.1, 0.15) is 42.8 Å². The Balaban J connectivity index is 1.60. The van der Waals surface area contributed by atoms with Crippen LogP contribution in [-0.4, -0.2) is 49.8 Å². The molecule has 0 bridgehead atoms. The number of H-pyrrole nitrogens is 1. The minimum atomic E-state index is -0.319. The number of hydrogen-bond donors (Lipinski definition) is 1. The molecule has 1 aliphatic heterocycles. The molecule has 1 aliphatic rings. The zero-order chi connectivity index (χ0) is 21.9. The van der Waals surface area contributed by atoms with Gasteiger partial charge in [0, 0.05) is 16.5 Å². The van der Waals surface area contributed by atoms with Crippen molar-refractivity contribution in [2.75, 3.05) is 19.7 Å². The van der Waals surface area contributed by atoms with Gasteiger partial charge in [0.25, 0.3) is 5.56 Å². The van der Waals surface area contributed by atoms with Crippen LogP contribution in [0.4, 0.5) is 0 Å². The van der Waals surface area contributed by atoms with Gasteiger partial charge in [0.2, 0.25) is 0 Å². The van der Waals surface area contributed by atoms with Crippen LogP contribution in [0.15, 0.2) is 59.4 Å². The summed E-state index contributed by atoms with van der Waals surface area (Å²) >= 11 is 0. The molecule has 3 heterocycles. The van der Waals surface area contributed by atoms with Crippen molar-refractivity contribution >= 4 is 10.9 Å². The van der Waals surface area contributed by atoms with Gasteiger partial charge in [0.1, 0.15) is 11.8 Å². The average Bonchev–Trinajstić information content (AvgIpc) is 3.49. The number of nitrogens with one attached hydrogen (secondary N) is 1. The fraction of sp³-hybridized carbons (Fsp3) is 0.333. The number of ether oxygens (including phenoxy) is 1. The first-order valence-corrected chi connectivity index (χ1v) is 11.1. The van der Waals surface area contributed by atoms with Gasteiger partial charge in [-0.15, -0.1) is 5.10 Å². The molecule has 2 aromatic heterocycles. The van der Waals surface area contributed by atoms with Crippen LogP contribution < -0.4 is 10.3 Å². The van der Waals surface area contributed by atoms with Crippen LogP contribution in [0, 0.1) is 0 Å². The Morgan fingerprint density at radius 1 is 1.09 bits per heavy atom. The molecule has 164 valence electrons. The highest BCUT2D eigenvalue weighted by Gasteiger charge is 2.32. The van der Waals surface area contributed by atoms with E-state index in [2.05, 4.69) is 37.5 Å². The van der Waals surface area contributed by atoms with E-state index in [1.807, 2.05) is 49.4 Å². The van der Waals surface area contributed by atoms with Crippen molar-refractivity contribution in [3.05, 3.63) is 81.9 Å². The highest BCUT2D eigenvalue weighted by Crippen LogP contribution is 2.30. The Labute approximate surface area is 185 Å². The average molecular weight is 431 g/mol. The Hall–Kier alpha value is -3.52. The normalized spacial score (nSPS) is 15.3. The number of benzene rings is 2. The van der Waals surface area contributed by atoms with E-state index in [9.17, 15) is 4.79 Å². The summed E-state index contributed by atoms with van der Waals surface area (Å²) in [5.74, 6) is 1.46. The monoisotopic (exact) mass is 430 g/mol. The minimum Gasteiger partial charge on any atom is -0.494 e. The first-order chi connectivity index (χ1) is 15.7. The Morgan fingerprint density at radius 3 is 2.69 bits per heavy atom. The van der Waals surface area contributed by atoms with E-state index in [1.54, 1.807) is 4.68 Å². The molecule has 4 aromatic rings. The summed E-state index contributed by atoms with van der Waals surface area (Å²) in [6.45, 7) is 4.90. The number of aromatic amines is 1. The van der Waals surface area contributed by atoms with Crippen molar-refractivity contribution < 1.29 is 4.74 Å². The third-order valence-corrected chi connectivity index (χ3v) is 5.94. The molecule has 1 fully saturated rings. The van der Waals surface area contributed by atoms with Crippen molar-refractivity contribution in [2.24, 2.45) is 0 Å². The van der Waals surface area contributed by atoms with Gasteiger partial charge in [0.15, 0.2) is 5.82 Å². The lowest BCUT2D eigenvalue weighted by Crippen LogP contribution is -2.33. The number of tetrazole rings is 1. The molecular weight excluding hydrogens is 404 g/mol. The summed E-state index contributed by atoms with van der Waals surface area (Å²) in [5.41, 5.74) is 2.42. The quantitative estimate of drug-likeness (QED) is 0.485. The lowest BCUT2D eigenvalue weighted by molar-refractivity contribution is 0.263. The zero-order valence-electron chi connectivity index (χ0n) is 18.1. The number of likely N-dealkylation sites (tertiary alicyclic amines) is 1. The zero-order valence-corrected chi connectivity index (χ0v) is 18.1. The molecule has 0 radical (unpaired) electrons. The van der Waals surface area contributed by atoms with Crippen LogP contribution in [0.25, 0.3) is 10.9 Å². The molecule has 1 N–H and O–H groups in total. The summed E-state index contributed by atoms with van der Waals surface area (Å²) in [6, 6.07) is 17.5. The molecular formula is C24H26N6O2. The molecule has 5 rings (SSSR count). The van der Waals surface area contributed by atoms with Gasteiger partial charge in [0.05, 0.1) is 13.2 Å². The number of hydrogen-bond acceptors (Lipinski definition) is 6. The predicted octanol–water partition coefficient (Wildman–Crippen LogP) is 3.15. The summed E-state index contributed by atoms with van der Waals surface area (Å²) in [5, 5.41) is 13.5. The van der Waals surface area contributed by atoms with Crippen LogP contribution in [-0.2, 0) is 6.54 Å². The van der Waals surface area contributed by atoms with Crippen LogP contribution >= 0.6 is 0 Å². The maximum atomic E-state index is 13.2. The molecule has 1 unspecified atom stereocenters. The lowest BCUT2D eigenvalue weighted by atomic mass is 10.0. The highest BCUT2D eigenvalue weighted by molar-refractivity contribution is 5.80. The lowest BCUT2D eigenvalue weighted by Gasteiger charge is -2.26. The Bertz CT molecular complexity index is 1260. The summed E-state index contributed by atoms with van der Waals surface area (Å²) in [4.78, 5) is 18.6. The molecule has 0 aliphatic carbocycles. The summed E-state index contributed by atoms with van der Waals surface area (Å²) < 4.78 is 7.47. The van der Waals surface area contributed by atoms with Crippen LogP contribution in [0.3, 0.4) is 0 Å². The van der Waals surface area contributed by atoms with Gasteiger partial charge in [-0.1, -0.05) is 30.3 Å². The molecule has 0 saturated carbocycles. The Morgan fingerprint density at radius 2 is 1.91 bits per heavy atom. The second kappa shape index (κ2) is 8.92. The van der Waals surface area contributed by atoms with Gasteiger partial charge in [-0.3, -0.25) is 9.69 Å². The second-order valence-corrected chi connectivity index (χ2v) is 8.06. The third-order valence-electron chi connectivity index (χ3n) is 5.94. The summed E-state index contributed by atoms with van der Waals surface area (Å²) in [6.07, 6.45) is 2.19. The SMILES string of the molecule is CCOc1ccc2[nH]c(=O)c(C(c3nnnn3Cc3ccccc3)N3CCCC3)cc2c1. The van der Waals surface area contributed by atoms with Crippen molar-refractivity contribution in [1.29, 1.82) is 0 Å². The first kappa shape index (κ1) is 20.4. The van der Waals surface area contributed by atoms with Gasteiger partial charge in [-0.05, 0) is 73.1 Å². The van der Waals surface area contributed by atoms with Crippen molar-refractivity contribution in [2.45, 2.75) is 32.4 Å². The first-order valence-electron chi connectivity index (χ1n) is 11.1. The van der Waals surface area contributed by atoms with E-state index in [1.165, 1.54) is 0 Å².